The van der Waals surface area contributed by atoms with Crippen LogP contribution in [0.25, 0.3) is 0 Å². The topological polar surface area (TPSA) is 79.3 Å². The van der Waals surface area contributed by atoms with E-state index >= 15 is 0 Å². The molecule has 0 unspecified atom stereocenters. The molecule has 0 aromatic carbocycles. The predicted octanol–water partition coefficient (Wildman–Crippen LogP) is 1.15. The van der Waals surface area contributed by atoms with Gasteiger partial charge in [-0.3, -0.25) is 9.69 Å². The van der Waals surface area contributed by atoms with Gasteiger partial charge in [-0.2, -0.15) is 0 Å². The maximum Gasteiger partial charge on any atom is 0.249 e. The second-order valence-electron chi connectivity index (χ2n) is 7.40. The molecule has 1 fully saturated rings. The summed E-state index contributed by atoms with van der Waals surface area (Å²) in [6, 6.07) is 0. The van der Waals surface area contributed by atoms with Gasteiger partial charge in [-0.15, -0.1) is 0 Å². The van der Waals surface area contributed by atoms with Crippen LogP contribution in [-0.4, -0.2) is 68.6 Å². The number of nitrogens with zero attached hydrogens (tertiary/aromatic N) is 5. The Kier molecular flexibility index (Phi) is 5.01. The normalized spacial score (nSPS) is 19.4. The number of H-pyrrole nitrogens is 1. The van der Waals surface area contributed by atoms with E-state index in [9.17, 15) is 4.79 Å². The molecule has 1 amide bonds. The Bertz CT molecular complexity index is 790. The monoisotopic (exact) mass is 372 g/mol. The van der Waals surface area contributed by atoms with Crippen molar-refractivity contribution in [1.82, 2.24) is 29.3 Å². The number of rotatable bonds is 5. The summed E-state index contributed by atoms with van der Waals surface area (Å²) >= 11 is 0. The van der Waals surface area contributed by atoms with E-state index in [1.54, 1.807) is 13.4 Å². The zero-order valence-electron chi connectivity index (χ0n) is 16.1. The van der Waals surface area contributed by atoms with Crippen LogP contribution in [0.5, 0.6) is 0 Å². The summed E-state index contributed by atoms with van der Waals surface area (Å²) in [5.74, 6) is 1.16. The first-order valence-corrected chi connectivity index (χ1v) is 9.72. The molecule has 8 nitrogen and oxygen atoms in total. The second-order valence-corrected chi connectivity index (χ2v) is 7.40. The maximum absolute atomic E-state index is 12.8. The summed E-state index contributed by atoms with van der Waals surface area (Å²) in [6.07, 6.45) is 8.25. The minimum atomic E-state index is -0.320. The van der Waals surface area contributed by atoms with Crippen LogP contribution in [0.3, 0.4) is 0 Å². The number of ether oxygens (including phenoxy) is 1. The third kappa shape index (κ3) is 3.17. The van der Waals surface area contributed by atoms with Gasteiger partial charge >= 0.3 is 0 Å². The van der Waals surface area contributed by atoms with Gasteiger partial charge in [0, 0.05) is 57.8 Å². The van der Waals surface area contributed by atoms with Gasteiger partial charge in [0.15, 0.2) is 0 Å². The highest BCUT2D eigenvalue weighted by molar-refractivity contribution is 5.79. The average molecular weight is 372 g/mol. The van der Waals surface area contributed by atoms with Gasteiger partial charge in [0.2, 0.25) is 5.91 Å². The molecule has 1 spiro atoms. The van der Waals surface area contributed by atoms with Crippen molar-refractivity contribution >= 4 is 5.91 Å². The van der Waals surface area contributed by atoms with Crippen LogP contribution in [-0.2, 0) is 34.6 Å². The van der Waals surface area contributed by atoms with Gasteiger partial charge in [0.05, 0.1) is 24.1 Å². The lowest BCUT2D eigenvalue weighted by Gasteiger charge is -2.50. The van der Waals surface area contributed by atoms with E-state index in [-0.39, 0.29) is 18.1 Å². The van der Waals surface area contributed by atoms with Crippen molar-refractivity contribution in [3.8, 4) is 0 Å². The lowest BCUT2D eigenvalue weighted by molar-refractivity contribution is -0.146. The molecule has 0 aliphatic carbocycles. The highest BCUT2D eigenvalue weighted by atomic mass is 16.5. The Morgan fingerprint density at radius 2 is 2.11 bits per heavy atom. The summed E-state index contributed by atoms with van der Waals surface area (Å²) in [6.45, 7) is 6.59. The number of piperidine rings is 1. The van der Waals surface area contributed by atoms with Gasteiger partial charge in [-0.25, -0.2) is 9.97 Å². The number of nitrogens with one attached hydrogen (secondary N) is 1. The molecule has 4 heterocycles. The molecule has 1 N–H and O–H groups in total. The molecule has 0 atom stereocenters. The van der Waals surface area contributed by atoms with E-state index in [1.807, 2.05) is 17.3 Å². The van der Waals surface area contributed by atoms with Crippen molar-refractivity contribution < 1.29 is 9.53 Å². The first-order chi connectivity index (χ1) is 13.2. The van der Waals surface area contributed by atoms with Crippen molar-refractivity contribution in [2.24, 2.45) is 0 Å². The summed E-state index contributed by atoms with van der Waals surface area (Å²) in [4.78, 5) is 29.6. The number of carbonyl (C=O) groups excluding carboxylic acids is 1. The summed E-state index contributed by atoms with van der Waals surface area (Å²) in [7, 11) is 1.58. The molecule has 2 aromatic rings. The molecule has 27 heavy (non-hydrogen) atoms. The Morgan fingerprint density at radius 3 is 2.85 bits per heavy atom. The van der Waals surface area contributed by atoms with E-state index < -0.39 is 0 Å². The fourth-order valence-electron chi connectivity index (χ4n) is 4.61. The molecule has 2 aliphatic heterocycles. The van der Waals surface area contributed by atoms with Gasteiger partial charge < -0.3 is 19.2 Å². The second kappa shape index (κ2) is 7.44. The number of methoxy groups -OCH3 is 1. The van der Waals surface area contributed by atoms with Crippen molar-refractivity contribution in [3.63, 3.8) is 0 Å². The van der Waals surface area contributed by atoms with E-state index in [4.69, 9.17) is 4.74 Å². The number of fused-ring (bicyclic) bond motifs is 2. The van der Waals surface area contributed by atoms with Crippen LogP contribution in [0.15, 0.2) is 18.7 Å². The third-order valence-electron chi connectivity index (χ3n) is 6.02. The first-order valence-electron chi connectivity index (χ1n) is 9.72. The molecule has 0 radical (unpaired) electrons. The van der Waals surface area contributed by atoms with E-state index in [2.05, 4.69) is 31.3 Å². The van der Waals surface area contributed by atoms with Crippen LogP contribution in [0, 0.1) is 0 Å². The Balaban J connectivity index is 1.54. The highest BCUT2D eigenvalue weighted by Gasteiger charge is 2.48. The minimum Gasteiger partial charge on any atom is -0.375 e. The Labute approximate surface area is 159 Å². The molecule has 0 bridgehead atoms. The smallest absolute Gasteiger partial charge is 0.249 e. The molecular formula is C19H28N6O2. The molecule has 2 aliphatic rings. The number of hydrogen-bond donors (Lipinski definition) is 1. The number of aromatic nitrogens is 4. The summed E-state index contributed by atoms with van der Waals surface area (Å²) in [5.41, 5.74) is 1.90. The summed E-state index contributed by atoms with van der Waals surface area (Å²) < 4.78 is 7.32. The average Bonchev–Trinajstić information content (AvgIpc) is 3.33. The standard InChI is InChI=1S/C19H28N6O2/c1-3-24-11-7-20-16(24)12-23-9-5-19(6-10-23)18-15(21-14-22-18)4-8-25(19)17(26)13-27-2/h7,11,14H,3-6,8-10,12-13H2,1-2H3,(H,21,22). The van der Waals surface area contributed by atoms with Gasteiger partial charge in [0.1, 0.15) is 12.4 Å². The number of amides is 1. The van der Waals surface area contributed by atoms with Gasteiger partial charge in [-0.05, 0) is 19.8 Å². The van der Waals surface area contributed by atoms with E-state index in [1.165, 1.54) is 5.69 Å². The van der Waals surface area contributed by atoms with Crippen LogP contribution in [0.1, 0.15) is 37.0 Å². The largest absolute Gasteiger partial charge is 0.375 e. The van der Waals surface area contributed by atoms with E-state index in [0.717, 1.165) is 63.5 Å². The zero-order valence-corrected chi connectivity index (χ0v) is 16.1. The number of imidazole rings is 2. The molecular weight excluding hydrogens is 344 g/mol. The Morgan fingerprint density at radius 1 is 1.30 bits per heavy atom. The minimum absolute atomic E-state index is 0.0566. The maximum atomic E-state index is 12.8. The number of hydrogen-bond acceptors (Lipinski definition) is 5. The van der Waals surface area contributed by atoms with Gasteiger partial charge in [0.25, 0.3) is 0 Å². The molecule has 146 valence electrons. The zero-order chi connectivity index (χ0) is 18.9. The Hall–Kier alpha value is -2.19. The summed E-state index contributed by atoms with van der Waals surface area (Å²) in [5, 5.41) is 0. The van der Waals surface area contributed by atoms with Crippen LogP contribution >= 0.6 is 0 Å². The lowest BCUT2D eigenvalue weighted by atomic mass is 9.78. The highest BCUT2D eigenvalue weighted by Crippen LogP contribution is 2.42. The van der Waals surface area contributed by atoms with Crippen molar-refractivity contribution in [1.29, 1.82) is 0 Å². The van der Waals surface area contributed by atoms with Crippen LogP contribution < -0.4 is 0 Å². The lowest BCUT2D eigenvalue weighted by Crippen LogP contribution is -2.59. The number of likely N-dealkylation sites (tertiary alicyclic amines) is 1. The number of carbonyl (C=O) groups is 1. The van der Waals surface area contributed by atoms with Crippen LogP contribution in [0.2, 0.25) is 0 Å². The molecule has 8 heteroatoms. The molecule has 1 saturated heterocycles. The molecule has 0 saturated carbocycles. The third-order valence-corrected chi connectivity index (χ3v) is 6.02. The fourth-order valence-corrected chi connectivity index (χ4v) is 4.61. The SMILES string of the molecule is CCn1ccnc1CN1CCC2(CC1)c1nc[nH]c1CCN2C(=O)COC. The number of aromatic amines is 1. The quantitative estimate of drug-likeness (QED) is 0.852. The molecule has 4 rings (SSSR count). The van der Waals surface area contributed by atoms with Crippen molar-refractivity contribution in [2.75, 3.05) is 33.4 Å². The first kappa shape index (κ1) is 18.2. The van der Waals surface area contributed by atoms with E-state index in [0.29, 0.717) is 0 Å². The van der Waals surface area contributed by atoms with Crippen molar-refractivity contribution in [2.45, 2.75) is 44.8 Å². The van der Waals surface area contributed by atoms with Gasteiger partial charge in [-0.1, -0.05) is 0 Å². The molecule has 2 aromatic heterocycles. The predicted molar refractivity (Wildman–Crippen MR) is 100.0 cm³/mol. The van der Waals surface area contributed by atoms with Crippen molar-refractivity contribution in [3.05, 3.63) is 35.9 Å². The number of aryl methyl sites for hydroxylation is 1. The fraction of sp³-hybridized carbons (Fsp3) is 0.632. The van der Waals surface area contributed by atoms with Crippen LogP contribution in [0.4, 0.5) is 0 Å².